The number of aromatic amines is 1. The molecule has 0 saturated heterocycles. The van der Waals surface area contributed by atoms with Crippen molar-refractivity contribution in [2.45, 2.75) is 32.7 Å². The topological polar surface area (TPSA) is 76.5 Å². The van der Waals surface area contributed by atoms with Gasteiger partial charge < -0.3 is 4.57 Å². The molecule has 0 amide bonds. The quantitative estimate of drug-likeness (QED) is 0.300. The van der Waals surface area contributed by atoms with Crippen molar-refractivity contribution in [3.05, 3.63) is 99.6 Å². The second-order valence-corrected chi connectivity index (χ2v) is 8.58. The number of hydrogen-bond donors (Lipinski definition) is 1. The normalized spacial score (nSPS) is 11.3. The van der Waals surface area contributed by atoms with Gasteiger partial charge in [0.25, 0.3) is 0 Å². The van der Waals surface area contributed by atoms with Crippen LogP contribution in [-0.2, 0) is 13.0 Å². The smallest absolute Gasteiger partial charge is 0.205 e. The third-order valence-corrected chi connectivity index (χ3v) is 6.20. The summed E-state index contributed by atoms with van der Waals surface area (Å²) in [4.78, 5) is 12.9. The van der Waals surface area contributed by atoms with Crippen molar-refractivity contribution in [2.24, 2.45) is 0 Å². The molecule has 0 aliphatic carbocycles. The molecule has 9 heteroatoms. The summed E-state index contributed by atoms with van der Waals surface area (Å²) < 4.78 is 44.5. The molecular weight excluding hydrogens is 467 g/mol. The van der Waals surface area contributed by atoms with E-state index in [2.05, 4.69) is 20.6 Å². The predicted octanol–water partition coefficient (Wildman–Crippen LogP) is 5.66. The van der Waals surface area contributed by atoms with E-state index in [0.717, 1.165) is 41.2 Å². The van der Waals surface area contributed by atoms with Gasteiger partial charge in [0.05, 0.1) is 10.9 Å². The zero-order valence-electron chi connectivity index (χ0n) is 19.4. The highest BCUT2D eigenvalue weighted by Gasteiger charge is 2.20. The van der Waals surface area contributed by atoms with E-state index in [1.54, 1.807) is 6.20 Å². The zero-order chi connectivity index (χ0) is 25.2. The highest BCUT2D eigenvalue weighted by molar-refractivity contribution is 5.81. The summed E-state index contributed by atoms with van der Waals surface area (Å²) in [6.07, 6.45) is 3.63. The SMILES string of the molecule is CCCCc1cn(Cc2ccc(-c3ccccc3-c3nn[nH]n3)cc2)c2c(F)c(F)c(F)cc2c1=O. The first-order valence-electron chi connectivity index (χ1n) is 11.6. The average Bonchev–Trinajstić information content (AvgIpc) is 3.43. The molecule has 6 nitrogen and oxygen atoms in total. The van der Waals surface area contributed by atoms with Gasteiger partial charge in [-0.25, -0.2) is 13.2 Å². The van der Waals surface area contributed by atoms with Crippen LogP contribution in [0.5, 0.6) is 0 Å². The molecule has 0 fully saturated rings. The van der Waals surface area contributed by atoms with Gasteiger partial charge in [0.1, 0.15) is 0 Å². The first-order valence-corrected chi connectivity index (χ1v) is 11.6. The van der Waals surface area contributed by atoms with Crippen molar-refractivity contribution in [1.82, 2.24) is 25.2 Å². The lowest BCUT2D eigenvalue weighted by molar-refractivity contribution is 0.450. The molecule has 182 valence electrons. The lowest BCUT2D eigenvalue weighted by Gasteiger charge is -2.15. The Bertz CT molecular complexity index is 1600. The van der Waals surface area contributed by atoms with E-state index in [9.17, 15) is 18.0 Å². The van der Waals surface area contributed by atoms with Crippen molar-refractivity contribution in [3.8, 4) is 22.5 Å². The molecule has 0 spiro atoms. The summed E-state index contributed by atoms with van der Waals surface area (Å²) in [5.41, 5.74) is 3.15. The Morgan fingerprint density at radius 1 is 0.972 bits per heavy atom. The van der Waals surface area contributed by atoms with Crippen LogP contribution in [0, 0.1) is 17.5 Å². The van der Waals surface area contributed by atoms with E-state index in [0.29, 0.717) is 17.8 Å². The Hall–Kier alpha value is -4.27. The first-order chi connectivity index (χ1) is 17.5. The predicted molar refractivity (Wildman–Crippen MR) is 131 cm³/mol. The van der Waals surface area contributed by atoms with Gasteiger partial charge in [-0.3, -0.25) is 4.79 Å². The molecule has 0 atom stereocenters. The fourth-order valence-corrected chi connectivity index (χ4v) is 4.39. The largest absolute Gasteiger partial charge is 0.340 e. The highest BCUT2D eigenvalue weighted by Crippen LogP contribution is 2.30. The minimum absolute atomic E-state index is 0.161. The molecule has 0 saturated carbocycles. The Morgan fingerprint density at radius 2 is 1.72 bits per heavy atom. The number of hydrogen-bond acceptors (Lipinski definition) is 4. The molecule has 36 heavy (non-hydrogen) atoms. The highest BCUT2D eigenvalue weighted by atomic mass is 19.2. The van der Waals surface area contributed by atoms with Crippen LogP contribution in [-0.4, -0.2) is 25.2 Å². The lowest BCUT2D eigenvalue weighted by Crippen LogP contribution is -2.17. The molecule has 3 aromatic carbocycles. The van der Waals surface area contributed by atoms with E-state index in [1.807, 2.05) is 55.5 Å². The summed E-state index contributed by atoms with van der Waals surface area (Å²) in [5, 5.41) is 14.0. The van der Waals surface area contributed by atoms with Crippen molar-refractivity contribution < 1.29 is 13.2 Å². The van der Waals surface area contributed by atoms with Crippen LogP contribution < -0.4 is 5.43 Å². The van der Waals surface area contributed by atoms with Crippen molar-refractivity contribution in [2.75, 3.05) is 0 Å². The number of tetrazole rings is 1. The van der Waals surface area contributed by atoms with E-state index < -0.39 is 22.9 Å². The fraction of sp³-hybridized carbons (Fsp3) is 0.185. The summed E-state index contributed by atoms with van der Waals surface area (Å²) in [7, 11) is 0. The van der Waals surface area contributed by atoms with Crippen molar-refractivity contribution in [1.29, 1.82) is 0 Å². The number of aryl methyl sites for hydroxylation is 1. The maximum absolute atomic E-state index is 14.9. The summed E-state index contributed by atoms with van der Waals surface area (Å²) in [6.45, 7) is 2.16. The summed E-state index contributed by atoms with van der Waals surface area (Å²) in [6, 6.07) is 16.0. The number of nitrogens with zero attached hydrogens (tertiary/aromatic N) is 4. The van der Waals surface area contributed by atoms with E-state index in [-0.39, 0.29) is 17.4 Å². The molecule has 5 aromatic rings. The maximum Gasteiger partial charge on any atom is 0.205 e. The Morgan fingerprint density at radius 3 is 2.42 bits per heavy atom. The van der Waals surface area contributed by atoms with Gasteiger partial charge in [0.2, 0.25) is 5.82 Å². The number of rotatable bonds is 7. The number of benzene rings is 3. The molecule has 0 unspecified atom stereocenters. The van der Waals surface area contributed by atoms with Gasteiger partial charge in [-0.2, -0.15) is 5.21 Å². The first kappa shape index (κ1) is 23.5. The van der Waals surface area contributed by atoms with Crippen molar-refractivity contribution >= 4 is 10.9 Å². The maximum atomic E-state index is 14.9. The zero-order valence-corrected chi connectivity index (χ0v) is 19.4. The molecule has 0 aliphatic rings. The van der Waals surface area contributed by atoms with E-state index in [1.165, 1.54) is 4.57 Å². The second kappa shape index (κ2) is 9.77. The average molecular weight is 490 g/mol. The molecule has 5 rings (SSSR count). The Labute approximate surface area is 204 Å². The van der Waals surface area contributed by atoms with Gasteiger partial charge in [0, 0.05) is 23.9 Å². The number of aromatic nitrogens is 5. The number of H-pyrrole nitrogens is 1. The third-order valence-electron chi connectivity index (χ3n) is 6.20. The molecule has 0 radical (unpaired) electrons. The van der Waals surface area contributed by atoms with Crippen molar-refractivity contribution in [3.63, 3.8) is 0 Å². The van der Waals surface area contributed by atoms with Gasteiger partial charge in [-0.1, -0.05) is 61.9 Å². The lowest BCUT2D eigenvalue weighted by atomic mass is 9.98. The van der Waals surface area contributed by atoms with Gasteiger partial charge in [-0.15, -0.1) is 10.2 Å². The minimum Gasteiger partial charge on any atom is -0.340 e. The second-order valence-electron chi connectivity index (χ2n) is 8.58. The van der Waals surface area contributed by atoms with Crippen LogP contribution in [0.2, 0.25) is 0 Å². The number of halogens is 3. The molecule has 0 aliphatic heterocycles. The molecule has 2 heterocycles. The third kappa shape index (κ3) is 4.28. The van der Waals surface area contributed by atoms with Crippen LogP contribution in [0.15, 0.2) is 65.6 Å². The van der Waals surface area contributed by atoms with Gasteiger partial charge >= 0.3 is 0 Å². The van der Waals surface area contributed by atoms with Crippen LogP contribution in [0.3, 0.4) is 0 Å². The molecule has 0 bridgehead atoms. The van der Waals surface area contributed by atoms with Crippen LogP contribution >= 0.6 is 0 Å². The van der Waals surface area contributed by atoms with E-state index in [4.69, 9.17) is 0 Å². The monoisotopic (exact) mass is 489 g/mol. The van der Waals surface area contributed by atoms with Crippen LogP contribution in [0.25, 0.3) is 33.4 Å². The van der Waals surface area contributed by atoms with Crippen LogP contribution in [0.4, 0.5) is 13.2 Å². The number of pyridine rings is 1. The molecular formula is C27H22F3N5O. The van der Waals surface area contributed by atoms with Crippen LogP contribution in [0.1, 0.15) is 30.9 Å². The van der Waals surface area contributed by atoms with Gasteiger partial charge in [0.15, 0.2) is 22.9 Å². The summed E-state index contributed by atoms with van der Waals surface area (Å²) >= 11 is 0. The Balaban J connectivity index is 1.55. The molecule has 2 aromatic heterocycles. The van der Waals surface area contributed by atoms with Gasteiger partial charge in [-0.05, 0) is 40.8 Å². The summed E-state index contributed by atoms with van der Waals surface area (Å²) in [5.74, 6) is -3.86. The number of unbranched alkanes of at least 4 members (excludes halogenated alkanes) is 1. The number of fused-ring (bicyclic) bond motifs is 1. The van der Waals surface area contributed by atoms with E-state index >= 15 is 0 Å². The minimum atomic E-state index is -1.59. The number of nitrogens with one attached hydrogen (secondary N) is 1. The fourth-order valence-electron chi connectivity index (χ4n) is 4.39. The standard InChI is InChI=1S/C27H22F3N5O/c1-2-3-6-18-15-35(25-21(26(18)36)13-22(28)23(29)24(25)30)14-16-9-11-17(12-10-16)19-7-4-5-8-20(19)27-31-33-34-32-27/h4-5,7-13,15H,2-3,6,14H2,1H3,(H,31,32,33,34). The molecule has 1 N–H and O–H groups in total. The Kier molecular flexibility index (Phi) is 6.37.